The van der Waals surface area contributed by atoms with Crippen molar-refractivity contribution in [3.8, 4) is 0 Å². The van der Waals surface area contributed by atoms with Gasteiger partial charge in [-0.25, -0.2) is 0 Å². The first-order chi connectivity index (χ1) is 4.36. The Morgan fingerprint density at radius 1 is 1.67 bits per heavy atom. The maximum atomic E-state index is 5.48. The highest BCUT2D eigenvalue weighted by molar-refractivity contribution is 6.31. The summed E-state index contributed by atoms with van der Waals surface area (Å²) >= 11 is 5.48. The van der Waals surface area contributed by atoms with Crippen LogP contribution in [0.1, 0.15) is 0 Å². The third-order valence-corrected chi connectivity index (χ3v) is 1.29. The molecule has 0 aromatic carbocycles. The van der Waals surface area contributed by atoms with Crippen molar-refractivity contribution < 1.29 is 4.74 Å². The van der Waals surface area contributed by atoms with Gasteiger partial charge in [-0.15, -0.1) is 11.6 Å². The zero-order valence-electron chi connectivity index (χ0n) is 5.10. The van der Waals surface area contributed by atoms with Crippen molar-refractivity contribution in [3.63, 3.8) is 0 Å². The minimum atomic E-state index is 0.448. The van der Waals surface area contributed by atoms with E-state index < -0.39 is 0 Å². The highest BCUT2D eigenvalue weighted by atomic mass is 35.5. The van der Waals surface area contributed by atoms with Gasteiger partial charge in [0.05, 0.1) is 13.2 Å². The van der Waals surface area contributed by atoms with Crippen LogP contribution in [-0.2, 0) is 4.74 Å². The summed E-state index contributed by atoms with van der Waals surface area (Å²) in [6.45, 7) is 0. The number of halogens is 1. The van der Waals surface area contributed by atoms with Gasteiger partial charge in [0, 0.05) is 6.08 Å². The van der Waals surface area contributed by atoms with Gasteiger partial charge in [-0.05, 0) is 4.67 Å². The molecule has 0 saturated heterocycles. The molecule has 2 nitrogen and oxygen atoms in total. The fourth-order valence-corrected chi connectivity index (χ4v) is 0.721. The van der Waals surface area contributed by atoms with E-state index in [-0.39, 0.29) is 0 Å². The van der Waals surface area contributed by atoms with Crippen LogP contribution in [0.4, 0.5) is 0 Å². The second-order valence-electron chi connectivity index (χ2n) is 1.61. The average molecular weight is 145 g/mol. The first-order valence-electron chi connectivity index (χ1n) is 2.59. The number of hydrogen-bond donors (Lipinski definition) is 0. The molecule has 0 N–H and O–H groups in total. The van der Waals surface area contributed by atoms with Gasteiger partial charge in [-0.3, -0.25) is 0 Å². The van der Waals surface area contributed by atoms with Crippen LogP contribution < -0.4 is 4.67 Å². The summed E-state index contributed by atoms with van der Waals surface area (Å²) < 4.78 is 8.82. The summed E-state index contributed by atoms with van der Waals surface area (Å²) in [5.74, 6) is 1.08. The van der Waals surface area contributed by atoms with Gasteiger partial charge in [0.15, 0.2) is 0 Å². The zero-order chi connectivity index (χ0) is 6.69. The lowest BCUT2D eigenvalue weighted by atomic mass is 10.4. The Hall–Kier alpha value is -0.720. The molecule has 0 aromatic heterocycles. The summed E-state index contributed by atoms with van der Waals surface area (Å²) in [4.78, 5) is 0. The van der Waals surface area contributed by atoms with Crippen LogP contribution in [0.25, 0.3) is 0 Å². The van der Waals surface area contributed by atoms with E-state index in [1.165, 1.54) is 0 Å². The van der Waals surface area contributed by atoms with E-state index >= 15 is 0 Å². The van der Waals surface area contributed by atoms with Crippen molar-refractivity contribution in [2.24, 2.45) is 0 Å². The highest BCUT2D eigenvalue weighted by Crippen LogP contribution is 1.88. The lowest BCUT2D eigenvalue weighted by molar-refractivity contribution is 0.407. The summed E-state index contributed by atoms with van der Waals surface area (Å²) in [5.41, 5.74) is 0.855. The van der Waals surface area contributed by atoms with E-state index in [9.17, 15) is 0 Å². The fourth-order valence-electron chi connectivity index (χ4n) is 0.572. The molecule has 0 spiro atoms. The average Bonchev–Trinajstić information content (AvgIpc) is 2.34. The molecular weight excluding hydrogens is 138 g/mol. The van der Waals surface area contributed by atoms with Crippen LogP contribution in [0.5, 0.6) is 0 Å². The second kappa shape index (κ2) is 2.72. The molecule has 1 heterocycles. The molecule has 0 fully saturated rings. The van der Waals surface area contributed by atoms with Crippen molar-refractivity contribution in [2.75, 3.05) is 13.0 Å². The molecule has 0 bridgehead atoms. The molecule has 0 radical (unpaired) electrons. The number of hydrogen-bond acceptors (Lipinski definition) is 1. The van der Waals surface area contributed by atoms with Gasteiger partial charge in [0.1, 0.15) is 5.88 Å². The predicted octanol–water partition coefficient (Wildman–Crippen LogP) is 0.348. The van der Waals surface area contributed by atoms with Gasteiger partial charge in [0.2, 0.25) is 0 Å². The van der Waals surface area contributed by atoms with Crippen molar-refractivity contribution in [2.45, 2.75) is 0 Å². The highest BCUT2D eigenvalue weighted by Gasteiger charge is 2.15. The number of rotatable bonds is 1. The standard InChI is InChI=1S/C6H7ClNO/c1-9-6-3-2-5(4-7)8-6/h2-3H,4H2,1H3/q+1. The van der Waals surface area contributed by atoms with Gasteiger partial charge >= 0.3 is 11.6 Å². The third-order valence-electron chi connectivity index (χ3n) is 1.02. The van der Waals surface area contributed by atoms with Crippen LogP contribution in [0.15, 0.2) is 12.2 Å². The Morgan fingerprint density at radius 2 is 2.44 bits per heavy atom. The minimum Gasteiger partial charge on any atom is -0.435 e. The van der Waals surface area contributed by atoms with E-state index in [0.29, 0.717) is 11.8 Å². The quantitative estimate of drug-likeness (QED) is 0.385. The SMILES string of the molecule is COC1=[N+]=C(CCl)C=C1. The van der Waals surface area contributed by atoms with Crippen molar-refractivity contribution in [3.05, 3.63) is 12.2 Å². The molecule has 0 amide bonds. The Labute approximate surface area is 58.5 Å². The molecule has 48 valence electrons. The molecule has 0 atom stereocenters. The first kappa shape index (κ1) is 6.40. The van der Waals surface area contributed by atoms with E-state index in [0.717, 1.165) is 5.71 Å². The monoisotopic (exact) mass is 144 g/mol. The van der Waals surface area contributed by atoms with E-state index in [1.807, 2.05) is 6.08 Å². The van der Waals surface area contributed by atoms with Crippen molar-refractivity contribution >= 4 is 23.2 Å². The Balaban J connectivity index is 2.78. The zero-order valence-corrected chi connectivity index (χ0v) is 5.85. The van der Waals surface area contributed by atoms with Crippen molar-refractivity contribution in [1.29, 1.82) is 0 Å². The Bertz CT molecular complexity index is 183. The molecule has 0 aliphatic carbocycles. The van der Waals surface area contributed by atoms with Crippen LogP contribution in [-0.4, -0.2) is 24.6 Å². The van der Waals surface area contributed by atoms with E-state index in [1.54, 1.807) is 13.2 Å². The normalized spacial score (nSPS) is 15.3. The van der Waals surface area contributed by atoms with Crippen LogP contribution in [0.2, 0.25) is 0 Å². The number of methoxy groups -OCH3 is 1. The molecule has 1 aliphatic heterocycles. The van der Waals surface area contributed by atoms with E-state index in [2.05, 4.69) is 4.67 Å². The minimum absolute atomic E-state index is 0.448. The fraction of sp³-hybridized carbons (Fsp3) is 0.333. The topological polar surface area (TPSA) is 23.3 Å². The van der Waals surface area contributed by atoms with Crippen molar-refractivity contribution in [1.82, 2.24) is 4.67 Å². The van der Waals surface area contributed by atoms with Gasteiger partial charge in [-0.1, -0.05) is 0 Å². The smallest absolute Gasteiger partial charge is 0.435 e. The van der Waals surface area contributed by atoms with E-state index in [4.69, 9.17) is 16.3 Å². The van der Waals surface area contributed by atoms with Crippen LogP contribution >= 0.6 is 11.6 Å². The molecule has 3 heteroatoms. The summed E-state index contributed by atoms with van der Waals surface area (Å²) in [7, 11) is 1.58. The summed E-state index contributed by atoms with van der Waals surface area (Å²) in [6.07, 6.45) is 3.63. The number of nitrogens with zero attached hydrogens (tertiary/aromatic N) is 1. The van der Waals surface area contributed by atoms with Gasteiger partial charge < -0.3 is 4.74 Å². The number of ether oxygens (including phenoxy) is 1. The molecule has 1 rings (SSSR count). The predicted molar refractivity (Wildman–Crippen MR) is 39.0 cm³/mol. The summed E-state index contributed by atoms with van der Waals surface area (Å²) in [6, 6.07) is 0. The lowest BCUT2D eigenvalue weighted by Gasteiger charge is -1.75. The van der Waals surface area contributed by atoms with Crippen LogP contribution in [0, 0.1) is 0 Å². The molecular formula is C6H7ClNO+. The maximum absolute atomic E-state index is 5.48. The first-order valence-corrected chi connectivity index (χ1v) is 3.13. The Kier molecular flexibility index (Phi) is 1.93. The molecule has 9 heavy (non-hydrogen) atoms. The lowest BCUT2D eigenvalue weighted by Crippen LogP contribution is -2.00. The summed E-state index contributed by atoms with van der Waals surface area (Å²) in [5, 5.41) is 0. The van der Waals surface area contributed by atoms with Crippen LogP contribution in [0.3, 0.4) is 0 Å². The largest absolute Gasteiger partial charge is 0.487 e. The second-order valence-corrected chi connectivity index (χ2v) is 1.88. The molecule has 0 unspecified atom stereocenters. The number of allylic oxidation sites excluding steroid dienone is 1. The molecule has 1 aliphatic rings. The molecule has 0 aromatic rings. The number of alkyl halides is 1. The van der Waals surface area contributed by atoms with Gasteiger partial charge in [0.25, 0.3) is 0 Å². The Morgan fingerprint density at radius 3 is 2.78 bits per heavy atom. The third kappa shape index (κ3) is 1.35. The maximum Gasteiger partial charge on any atom is 0.487 e. The van der Waals surface area contributed by atoms with Gasteiger partial charge in [-0.2, -0.15) is 0 Å². The molecule has 0 saturated carbocycles.